The molecule has 1 aromatic heterocycles. The zero-order valence-electron chi connectivity index (χ0n) is 15.1. The molecule has 0 atom stereocenters. The van der Waals surface area contributed by atoms with Gasteiger partial charge in [0.05, 0.1) is 25.7 Å². The van der Waals surface area contributed by atoms with E-state index >= 15 is 0 Å². The summed E-state index contributed by atoms with van der Waals surface area (Å²) in [5.41, 5.74) is 0.781. The second-order valence-electron chi connectivity index (χ2n) is 6.20. The summed E-state index contributed by atoms with van der Waals surface area (Å²) < 4.78 is 40.1. The first kappa shape index (κ1) is 19.0. The Morgan fingerprint density at radius 2 is 1.96 bits per heavy atom. The molecule has 144 valence electrons. The Balaban J connectivity index is 1.57. The van der Waals surface area contributed by atoms with Gasteiger partial charge in [-0.05, 0) is 35.9 Å². The predicted octanol–water partition coefficient (Wildman–Crippen LogP) is 2.14. The Morgan fingerprint density at radius 1 is 1.22 bits per heavy atom. The molecule has 0 bridgehead atoms. The fourth-order valence-electron chi connectivity index (χ4n) is 2.79. The topological polar surface area (TPSA) is 86.0 Å². The molecule has 7 nitrogen and oxygen atoms in total. The Kier molecular flexibility index (Phi) is 5.55. The molecule has 0 saturated carbocycles. The first-order valence-corrected chi connectivity index (χ1v) is 10.1. The second kappa shape index (κ2) is 7.87. The average Bonchev–Trinajstić information content (AvgIpc) is 3.10. The van der Waals surface area contributed by atoms with Crippen molar-refractivity contribution in [1.29, 1.82) is 0 Å². The summed E-state index contributed by atoms with van der Waals surface area (Å²) >= 11 is 0. The van der Waals surface area contributed by atoms with Gasteiger partial charge in [0.15, 0.2) is 21.3 Å². The van der Waals surface area contributed by atoms with E-state index < -0.39 is 15.1 Å². The van der Waals surface area contributed by atoms with Crippen molar-refractivity contribution in [3.8, 4) is 11.5 Å². The van der Waals surface area contributed by atoms with E-state index in [0.29, 0.717) is 17.3 Å². The molecular formula is C19H21NO6S. The van der Waals surface area contributed by atoms with Gasteiger partial charge in [-0.3, -0.25) is 4.79 Å². The molecule has 1 aliphatic heterocycles. The number of benzene rings is 1. The molecule has 27 heavy (non-hydrogen) atoms. The molecule has 2 heterocycles. The van der Waals surface area contributed by atoms with Crippen LogP contribution >= 0.6 is 0 Å². The number of methoxy groups -OCH3 is 2. The maximum atomic E-state index is 12.3. The molecule has 0 radical (unpaired) electrons. The van der Waals surface area contributed by atoms with Crippen molar-refractivity contribution in [2.24, 2.45) is 0 Å². The van der Waals surface area contributed by atoms with Crippen LogP contribution in [0.2, 0.25) is 0 Å². The fourth-order valence-corrected chi connectivity index (χ4v) is 4.40. The summed E-state index contributed by atoms with van der Waals surface area (Å²) in [6.07, 6.45) is 4.53. The van der Waals surface area contributed by atoms with Crippen molar-refractivity contribution in [1.82, 2.24) is 4.90 Å². The lowest BCUT2D eigenvalue weighted by Gasteiger charge is -2.37. The van der Waals surface area contributed by atoms with Gasteiger partial charge in [-0.1, -0.05) is 6.07 Å². The zero-order chi connectivity index (χ0) is 19.4. The third kappa shape index (κ3) is 4.33. The number of sulfone groups is 1. The van der Waals surface area contributed by atoms with E-state index in [0.717, 1.165) is 5.56 Å². The maximum absolute atomic E-state index is 12.3. The van der Waals surface area contributed by atoms with Crippen molar-refractivity contribution < 1.29 is 27.1 Å². The molecule has 0 N–H and O–H groups in total. The number of nitrogens with zero attached hydrogens (tertiary/aromatic N) is 1. The van der Waals surface area contributed by atoms with Crippen molar-refractivity contribution in [2.45, 2.75) is 11.0 Å². The predicted molar refractivity (Wildman–Crippen MR) is 100 cm³/mol. The quantitative estimate of drug-likeness (QED) is 0.672. The van der Waals surface area contributed by atoms with Gasteiger partial charge in [-0.2, -0.15) is 0 Å². The van der Waals surface area contributed by atoms with Crippen LogP contribution in [0, 0.1) is 0 Å². The van der Waals surface area contributed by atoms with Crippen molar-refractivity contribution in [3.05, 3.63) is 54.0 Å². The van der Waals surface area contributed by atoms with Gasteiger partial charge in [-0.15, -0.1) is 0 Å². The summed E-state index contributed by atoms with van der Waals surface area (Å²) in [6, 6.07) is 8.60. The van der Waals surface area contributed by atoms with E-state index in [-0.39, 0.29) is 24.7 Å². The first-order chi connectivity index (χ1) is 12.9. The van der Waals surface area contributed by atoms with E-state index in [1.807, 2.05) is 0 Å². The lowest BCUT2D eigenvalue weighted by molar-refractivity contribution is -0.128. The third-order valence-electron chi connectivity index (χ3n) is 4.42. The molecule has 1 amide bonds. The fraction of sp³-hybridized carbons (Fsp3) is 0.316. The Morgan fingerprint density at radius 3 is 2.59 bits per heavy atom. The summed E-state index contributed by atoms with van der Waals surface area (Å²) in [5, 5.41) is -0.555. The van der Waals surface area contributed by atoms with E-state index in [2.05, 4.69) is 0 Å². The van der Waals surface area contributed by atoms with Crippen LogP contribution in [0.15, 0.2) is 47.1 Å². The zero-order valence-corrected chi connectivity index (χ0v) is 15.9. The Labute approximate surface area is 158 Å². The van der Waals surface area contributed by atoms with Crippen molar-refractivity contribution in [3.63, 3.8) is 0 Å². The van der Waals surface area contributed by atoms with E-state index in [4.69, 9.17) is 13.9 Å². The summed E-state index contributed by atoms with van der Waals surface area (Å²) in [4.78, 5) is 13.7. The standard InChI is InChI=1S/C19H21NO6S/c1-24-17-7-5-14(10-18(17)25-2)6-8-19(21)20-11-16(12-20)27(22,23)13-15-4-3-9-26-15/h3-10,16H,11-13H2,1-2H3/b8-6+. The average molecular weight is 391 g/mol. The van der Waals surface area contributed by atoms with E-state index in [1.165, 1.54) is 17.2 Å². The molecule has 0 spiro atoms. The first-order valence-electron chi connectivity index (χ1n) is 8.36. The van der Waals surface area contributed by atoms with Crippen LogP contribution in [0.4, 0.5) is 0 Å². The van der Waals surface area contributed by atoms with Gasteiger partial charge in [0.25, 0.3) is 0 Å². The summed E-state index contributed by atoms with van der Waals surface area (Å²) in [6.45, 7) is 0.385. The van der Waals surface area contributed by atoms with Crippen LogP contribution in [0.5, 0.6) is 11.5 Å². The van der Waals surface area contributed by atoms with Crippen molar-refractivity contribution in [2.75, 3.05) is 27.3 Å². The monoisotopic (exact) mass is 391 g/mol. The SMILES string of the molecule is COc1ccc(/C=C/C(=O)N2CC(S(=O)(=O)Cc3ccco3)C2)cc1OC. The number of carbonyl (C=O) groups excluding carboxylic acids is 1. The number of rotatable bonds is 7. The molecule has 1 aliphatic rings. The van der Waals surface area contributed by atoms with Crippen LogP contribution < -0.4 is 9.47 Å². The van der Waals surface area contributed by atoms with Crippen molar-refractivity contribution >= 4 is 21.8 Å². The molecule has 1 saturated heterocycles. The lowest BCUT2D eigenvalue weighted by Crippen LogP contribution is -2.56. The molecule has 0 aliphatic carbocycles. The number of ether oxygens (including phenoxy) is 2. The second-order valence-corrected chi connectivity index (χ2v) is 8.48. The smallest absolute Gasteiger partial charge is 0.246 e. The molecule has 1 aromatic carbocycles. The third-order valence-corrected chi connectivity index (χ3v) is 6.42. The van der Waals surface area contributed by atoms with Crippen LogP contribution in [-0.4, -0.2) is 51.8 Å². The number of hydrogen-bond acceptors (Lipinski definition) is 6. The van der Waals surface area contributed by atoms with Crippen LogP contribution in [0.1, 0.15) is 11.3 Å². The molecule has 1 fully saturated rings. The Bertz CT molecular complexity index is 927. The Hall–Kier alpha value is -2.74. The molecule has 2 aromatic rings. The van der Waals surface area contributed by atoms with Gasteiger partial charge >= 0.3 is 0 Å². The number of amides is 1. The van der Waals surface area contributed by atoms with Gasteiger partial charge in [0.1, 0.15) is 11.5 Å². The number of hydrogen-bond donors (Lipinski definition) is 0. The maximum Gasteiger partial charge on any atom is 0.246 e. The van der Waals surface area contributed by atoms with Gasteiger partial charge < -0.3 is 18.8 Å². The number of likely N-dealkylation sites (tertiary alicyclic amines) is 1. The summed E-state index contributed by atoms with van der Waals surface area (Å²) in [7, 11) is -0.245. The largest absolute Gasteiger partial charge is 0.493 e. The highest BCUT2D eigenvalue weighted by molar-refractivity contribution is 7.91. The van der Waals surface area contributed by atoms with Gasteiger partial charge in [0.2, 0.25) is 5.91 Å². The van der Waals surface area contributed by atoms with Crippen LogP contribution in [-0.2, 0) is 20.4 Å². The highest BCUT2D eigenvalue weighted by Gasteiger charge is 2.39. The minimum atomic E-state index is -3.34. The molecule has 3 rings (SSSR count). The molecule has 0 unspecified atom stereocenters. The number of furan rings is 1. The number of carbonyl (C=O) groups is 1. The van der Waals surface area contributed by atoms with E-state index in [1.54, 1.807) is 50.6 Å². The van der Waals surface area contributed by atoms with Crippen LogP contribution in [0.25, 0.3) is 6.08 Å². The van der Waals surface area contributed by atoms with Gasteiger partial charge in [0, 0.05) is 19.2 Å². The lowest BCUT2D eigenvalue weighted by atomic mass is 10.1. The normalized spacial score (nSPS) is 15.0. The minimum absolute atomic E-state index is 0.145. The highest BCUT2D eigenvalue weighted by atomic mass is 32.2. The molecular weight excluding hydrogens is 370 g/mol. The van der Waals surface area contributed by atoms with Gasteiger partial charge in [-0.25, -0.2) is 8.42 Å². The minimum Gasteiger partial charge on any atom is -0.493 e. The molecule has 8 heteroatoms. The summed E-state index contributed by atoms with van der Waals surface area (Å²) in [5.74, 6) is 1.21. The highest BCUT2D eigenvalue weighted by Crippen LogP contribution is 2.28. The van der Waals surface area contributed by atoms with Crippen LogP contribution in [0.3, 0.4) is 0 Å². The van der Waals surface area contributed by atoms with E-state index in [9.17, 15) is 13.2 Å².